The molecule has 6 nitrogen and oxygen atoms in total. The van der Waals surface area contributed by atoms with E-state index in [2.05, 4.69) is 19.2 Å². The highest BCUT2D eigenvalue weighted by Gasteiger charge is 2.37. The number of imide groups is 1. The van der Waals surface area contributed by atoms with E-state index in [0.717, 1.165) is 19.3 Å². The van der Waals surface area contributed by atoms with Crippen LogP contribution in [0.5, 0.6) is 0 Å². The molecule has 1 aliphatic heterocycles. The van der Waals surface area contributed by atoms with Crippen molar-refractivity contribution in [2.24, 2.45) is 5.41 Å². The first-order chi connectivity index (χ1) is 9.92. The summed E-state index contributed by atoms with van der Waals surface area (Å²) in [6, 6.07) is -0.318. The van der Waals surface area contributed by atoms with Gasteiger partial charge in [0.2, 0.25) is 5.91 Å². The van der Waals surface area contributed by atoms with Crippen molar-refractivity contribution in [3.05, 3.63) is 0 Å². The summed E-state index contributed by atoms with van der Waals surface area (Å²) in [6.45, 7) is 5.68. The van der Waals surface area contributed by atoms with Crippen LogP contribution in [0.3, 0.4) is 0 Å². The second-order valence-corrected chi connectivity index (χ2v) is 5.83. The number of rotatable bonds is 7. The molecule has 6 heteroatoms. The summed E-state index contributed by atoms with van der Waals surface area (Å²) in [7, 11) is 0. The maximum Gasteiger partial charge on any atom is 0.324 e. The highest BCUT2D eigenvalue weighted by atomic mass is 16.4. The van der Waals surface area contributed by atoms with Crippen molar-refractivity contribution >= 4 is 17.9 Å². The Bertz CT molecular complexity index is 391. The monoisotopic (exact) mass is 298 g/mol. The number of aliphatic carboxylic acids is 1. The van der Waals surface area contributed by atoms with Gasteiger partial charge >= 0.3 is 12.0 Å². The number of urea groups is 1. The third-order valence-corrected chi connectivity index (χ3v) is 4.52. The van der Waals surface area contributed by atoms with Gasteiger partial charge in [-0.2, -0.15) is 0 Å². The third kappa shape index (κ3) is 5.36. The fraction of sp³-hybridized carbons (Fsp3) is 0.800. The van der Waals surface area contributed by atoms with Crippen molar-refractivity contribution in [3.8, 4) is 0 Å². The number of amides is 3. The van der Waals surface area contributed by atoms with Crippen molar-refractivity contribution in [3.63, 3.8) is 0 Å². The SMILES string of the molecule is CCC1(CC)CCN(C(=O)NC(=O)CCCCC(=O)O)C1. The van der Waals surface area contributed by atoms with E-state index in [1.54, 1.807) is 4.90 Å². The maximum absolute atomic E-state index is 12.0. The minimum absolute atomic E-state index is 0.0584. The van der Waals surface area contributed by atoms with Gasteiger partial charge in [-0.1, -0.05) is 13.8 Å². The van der Waals surface area contributed by atoms with Crippen LogP contribution in [0.1, 0.15) is 58.8 Å². The minimum Gasteiger partial charge on any atom is -0.481 e. The van der Waals surface area contributed by atoms with Gasteiger partial charge in [-0.15, -0.1) is 0 Å². The van der Waals surface area contributed by atoms with E-state index in [9.17, 15) is 14.4 Å². The first kappa shape index (κ1) is 17.5. The van der Waals surface area contributed by atoms with E-state index in [1.807, 2.05) is 0 Å². The zero-order valence-corrected chi connectivity index (χ0v) is 13.0. The highest BCUT2D eigenvalue weighted by molar-refractivity contribution is 5.94. The van der Waals surface area contributed by atoms with E-state index < -0.39 is 5.97 Å². The van der Waals surface area contributed by atoms with Gasteiger partial charge in [0.25, 0.3) is 0 Å². The predicted octanol–water partition coefficient (Wildman–Crippen LogP) is 2.38. The number of hydrogen-bond acceptors (Lipinski definition) is 3. The highest BCUT2D eigenvalue weighted by Crippen LogP contribution is 2.36. The normalized spacial score (nSPS) is 16.8. The fourth-order valence-corrected chi connectivity index (χ4v) is 2.76. The van der Waals surface area contributed by atoms with Crippen LogP contribution in [0.25, 0.3) is 0 Å². The predicted molar refractivity (Wildman–Crippen MR) is 78.8 cm³/mol. The number of nitrogens with one attached hydrogen (secondary N) is 1. The van der Waals surface area contributed by atoms with Gasteiger partial charge in [0, 0.05) is 25.9 Å². The minimum atomic E-state index is -0.862. The average Bonchev–Trinajstić information content (AvgIpc) is 2.88. The lowest BCUT2D eigenvalue weighted by atomic mass is 9.82. The molecule has 0 spiro atoms. The van der Waals surface area contributed by atoms with Crippen LogP contribution in [0, 0.1) is 5.41 Å². The van der Waals surface area contributed by atoms with Crippen LogP contribution >= 0.6 is 0 Å². The van der Waals surface area contributed by atoms with Crippen molar-refractivity contribution in [2.75, 3.05) is 13.1 Å². The molecule has 1 aliphatic rings. The summed E-state index contributed by atoms with van der Waals surface area (Å²) >= 11 is 0. The molecule has 0 saturated carbocycles. The van der Waals surface area contributed by atoms with Crippen molar-refractivity contribution in [1.82, 2.24) is 10.2 Å². The zero-order chi connectivity index (χ0) is 15.9. The Morgan fingerprint density at radius 3 is 2.29 bits per heavy atom. The fourth-order valence-electron chi connectivity index (χ4n) is 2.76. The van der Waals surface area contributed by atoms with Crippen molar-refractivity contribution < 1.29 is 19.5 Å². The lowest BCUT2D eigenvalue weighted by Crippen LogP contribution is -2.42. The lowest BCUT2D eigenvalue weighted by molar-refractivity contribution is -0.137. The molecule has 0 aromatic heterocycles. The molecular formula is C15H26N2O4. The molecule has 1 saturated heterocycles. The molecule has 3 amide bonds. The molecule has 0 radical (unpaired) electrons. The summed E-state index contributed by atoms with van der Waals surface area (Å²) in [6.07, 6.45) is 4.25. The maximum atomic E-state index is 12.0. The van der Waals surface area contributed by atoms with Gasteiger partial charge in [0.15, 0.2) is 0 Å². The summed E-state index contributed by atoms with van der Waals surface area (Å²) in [5.74, 6) is -1.19. The molecule has 0 atom stereocenters. The Morgan fingerprint density at radius 2 is 1.76 bits per heavy atom. The van der Waals surface area contributed by atoms with Gasteiger partial charge in [-0.3, -0.25) is 14.9 Å². The van der Waals surface area contributed by atoms with Crippen LogP contribution in [0.4, 0.5) is 4.79 Å². The van der Waals surface area contributed by atoms with Gasteiger partial charge in [0.05, 0.1) is 0 Å². The topological polar surface area (TPSA) is 86.7 Å². The molecule has 2 N–H and O–H groups in total. The number of carbonyl (C=O) groups excluding carboxylic acids is 2. The van der Waals surface area contributed by atoms with E-state index in [1.165, 1.54) is 0 Å². The molecule has 1 rings (SSSR count). The zero-order valence-electron chi connectivity index (χ0n) is 13.0. The molecule has 120 valence electrons. The smallest absolute Gasteiger partial charge is 0.324 e. The molecule has 21 heavy (non-hydrogen) atoms. The van der Waals surface area contributed by atoms with E-state index in [-0.39, 0.29) is 30.2 Å². The van der Waals surface area contributed by atoms with Gasteiger partial charge in [0.1, 0.15) is 0 Å². The second-order valence-electron chi connectivity index (χ2n) is 5.83. The molecule has 0 aromatic rings. The van der Waals surface area contributed by atoms with Gasteiger partial charge in [-0.25, -0.2) is 4.79 Å². The largest absolute Gasteiger partial charge is 0.481 e. The first-order valence-corrected chi connectivity index (χ1v) is 7.73. The number of carbonyl (C=O) groups is 3. The molecule has 0 unspecified atom stereocenters. The quantitative estimate of drug-likeness (QED) is 0.706. The Kier molecular flexibility index (Phi) is 6.65. The summed E-state index contributed by atoms with van der Waals surface area (Å²) in [5, 5.41) is 10.9. The summed E-state index contributed by atoms with van der Waals surface area (Å²) < 4.78 is 0. The molecule has 1 fully saturated rings. The molecule has 1 heterocycles. The van der Waals surface area contributed by atoms with Crippen LogP contribution in [0.2, 0.25) is 0 Å². The van der Waals surface area contributed by atoms with Gasteiger partial charge in [-0.05, 0) is 37.5 Å². The Morgan fingerprint density at radius 1 is 1.14 bits per heavy atom. The van der Waals surface area contributed by atoms with Gasteiger partial charge < -0.3 is 10.0 Å². The Hall–Kier alpha value is -1.59. The molecule has 0 bridgehead atoms. The molecular weight excluding hydrogens is 272 g/mol. The summed E-state index contributed by atoms with van der Waals surface area (Å²) in [4.78, 5) is 35.7. The Labute approximate surface area is 125 Å². The van der Waals surface area contributed by atoms with Crippen molar-refractivity contribution in [2.45, 2.75) is 58.8 Å². The lowest BCUT2D eigenvalue weighted by Gasteiger charge is -2.26. The van der Waals surface area contributed by atoms with E-state index >= 15 is 0 Å². The van der Waals surface area contributed by atoms with Crippen LogP contribution < -0.4 is 5.32 Å². The number of unbranched alkanes of at least 4 members (excludes halogenated alkanes) is 1. The molecule has 0 aliphatic carbocycles. The Balaban J connectivity index is 2.30. The average molecular weight is 298 g/mol. The number of likely N-dealkylation sites (tertiary alicyclic amines) is 1. The number of nitrogens with zero attached hydrogens (tertiary/aromatic N) is 1. The van der Waals surface area contributed by atoms with Crippen LogP contribution in [-0.2, 0) is 9.59 Å². The van der Waals surface area contributed by atoms with Crippen LogP contribution in [0.15, 0.2) is 0 Å². The van der Waals surface area contributed by atoms with Crippen LogP contribution in [-0.4, -0.2) is 41.0 Å². The molecule has 0 aromatic carbocycles. The number of carboxylic acid groups (broad SMARTS) is 1. The summed E-state index contributed by atoms with van der Waals surface area (Å²) in [5.41, 5.74) is 0.196. The second kappa shape index (κ2) is 8.00. The standard InChI is InChI=1S/C15H26N2O4/c1-3-15(4-2)9-10-17(11-15)14(21)16-12(18)7-5-6-8-13(19)20/h3-11H2,1-2H3,(H,19,20)(H,16,18,21). The number of carboxylic acids is 1. The van der Waals surface area contributed by atoms with E-state index in [0.29, 0.717) is 25.9 Å². The van der Waals surface area contributed by atoms with Crippen molar-refractivity contribution in [1.29, 1.82) is 0 Å². The first-order valence-electron chi connectivity index (χ1n) is 7.73. The third-order valence-electron chi connectivity index (χ3n) is 4.52. The number of hydrogen-bond donors (Lipinski definition) is 2. The van der Waals surface area contributed by atoms with E-state index in [4.69, 9.17) is 5.11 Å².